The Balaban J connectivity index is 2.60. The third kappa shape index (κ3) is 2.06. The number of nitrogens with one attached hydrogen (secondary N) is 2. The molecule has 0 saturated carbocycles. The van der Waals surface area contributed by atoms with Gasteiger partial charge < -0.3 is 5.32 Å². The van der Waals surface area contributed by atoms with E-state index in [9.17, 15) is 8.87 Å². The molecule has 0 unspecified atom stereocenters. The summed E-state index contributed by atoms with van der Waals surface area (Å²) >= 11 is 0. The topological polar surface area (TPSA) is 39.7 Å². The Morgan fingerprint density at radius 2 is 2.55 bits per heavy atom. The summed E-state index contributed by atoms with van der Waals surface area (Å²) < 4.78 is 24.5. The molecule has 0 aromatic carbocycles. The van der Waals surface area contributed by atoms with Crippen molar-refractivity contribution < 1.29 is 8.87 Å². The predicted molar refractivity (Wildman–Crippen MR) is 36.4 cm³/mol. The second-order valence-corrected chi connectivity index (χ2v) is 1.88. The van der Waals surface area contributed by atoms with Crippen molar-refractivity contribution in [2.45, 2.75) is 6.92 Å². The monoisotopic (exact) mass is 162 g/mol. The molecule has 0 aromatic heterocycles. The lowest BCUT2D eigenvalue weighted by atomic mass is 10.5. The minimum atomic E-state index is -0.873. The predicted octanol–water partition coefficient (Wildman–Crippen LogP) is 0.425. The average molecular weight is 162 g/mol. The summed E-state index contributed by atoms with van der Waals surface area (Å²) in [6, 6.07) is 0. The molecule has 0 aliphatic carbocycles. The maximum atomic E-state index is 12.3. The largest absolute Gasteiger partial charge is 0.371 e. The molecular formula is C5H8F2N4. The van der Waals surface area contributed by atoms with E-state index in [0.29, 0.717) is 6.54 Å². The third-order valence-corrected chi connectivity index (χ3v) is 1.03. The van der Waals surface area contributed by atoms with Gasteiger partial charge in [-0.2, -0.15) is 4.39 Å². The highest BCUT2D eigenvalue weighted by Gasteiger charge is 2.10. The number of halogens is 2. The summed E-state index contributed by atoms with van der Waals surface area (Å²) in [5, 5.41) is 5.31. The molecular weight excluding hydrogens is 154 g/mol. The summed E-state index contributed by atoms with van der Waals surface area (Å²) in [7, 11) is 0. The molecule has 1 rings (SSSR count). The average Bonchev–Trinajstić information content (AvgIpc) is 1.85. The van der Waals surface area contributed by atoms with Crippen molar-refractivity contribution in [3.8, 4) is 0 Å². The van der Waals surface area contributed by atoms with Crippen LogP contribution in [0, 0.1) is 0 Å². The van der Waals surface area contributed by atoms with Crippen molar-refractivity contribution in [1.82, 2.24) is 16.1 Å². The van der Waals surface area contributed by atoms with Crippen LogP contribution in [0.25, 0.3) is 0 Å². The molecule has 0 radical (unpaired) electrons. The molecule has 0 fully saturated rings. The molecule has 0 amide bonds. The maximum Gasteiger partial charge on any atom is 0.239 e. The molecule has 6 heteroatoms. The summed E-state index contributed by atoms with van der Waals surface area (Å²) in [5.74, 6) is -0.621. The second-order valence-electron chi connectivity index (χ2n) is 1.88. The lowest BCUT2D eigenvalue weighted by Crippen LogP contribution is -2.36. The second kappa shape index (κ2) is 3.18. The molecule has 1 aliphatic heterocycles. The van der Waals surface area contributed by atoms with Gasteiger partial charge in [-0.05, 0) is 12.3 Å². The highest BCUT2D eigenvalue weighted by Crippen LogP contribution is 2.00. The number of hydrogen-bond acceptors (Lipinski definition) is 4. The van der Waals surface area contributed by atoms with E-state index in [2.05, 4.69) is 15.8 Å². The molecule has 4 nitrogen and oxygen atoms in total. The Kier molecular flexibility index (Phi) is 2.25. The van der Waals surface area contributed by atoms with E-state index >= 15 is 0 Å². The number of hydrazine groups is 1. The van der Waals surface area contributed by atoms with Crippen molar-refractivity contribution in [1.29, 1.82) is 0 Å². The van der Waals surface area contributed by atoms with Gasteiger partial charge in [0.25, 0.3) is 0 Å². The Morgan fingerprint density at radius 3 is 3.09 bits per heavy atom. The van der Waals surface area contributed by atoms with E-state index in [0.717, 1.165) is 6.08 Å². The van der Waals surface area contributed by atoms with Crippen LogP contribution in [-0.2, 0) is 0 Å². The third-order valence-electron chi connectivity index (χ3n) is 1.03. The smallest absolute Gasteiger partial charge is 0.239 e. The standard InChI is InChI=1S/C5H8F2N4/c1-2-8-5-3-4(6)9-11(7)10-5/h3,8,10H,2H2,1H3. The van der Waals surface area contributed by atoms with Crippen LogP contribution in [0.1, 0.15) is 6.92 Å². The van der Waals surface area contributed by atoms with Gasteiger partial charge in [0.05, 0.1) is 0 Å². The molecule has 62 valence electrons. The molecule has 0 saturated heterocycles. The van der Waals surface area contributed by atoms with E-state index < -0.39 is 5.97 Å². The number of hydrogen-bond donors (Lipinski definition) is 2. The zero-order valence-corrected chi connectivity index (χ0v) is 5.93. The Morgan fingerprint density at radius 1 is 1.82 bits per heavy atom. The first-order valence-corrected chi connectivity index (χ1v) is 3.14. The summed E-state index contributed by atoms with van der Waals surface area (Å²) in [6.45, 7) is 2.40. The normalized spacial score (nSPS) is 16.8. The molecule has 0 spiro atoms. The fraction of sp³-hybridized carbons (Fsp3) is 0.400. The first-order valence-electron chi connectivity index (χ1n) is 3.14. The van der Waals surface area contributed by atoms with Crippen LogP contribution < -0.4 is 10.7 Å². The van der Waals surface area contributed by atoms with Crippen LogP contribution in [0.3, 0.4) is 0 Å². The van der Waals surface area contributed by atoms with Gasteiger partial charge in [-0.3, -0.25) is 0 Å². The lowest BCUT2D eigenvalue weighted by Gasteiger charge is -2.17. The Hall–Kier alpha value is -1.33. The molecule has 1 aliphatic rings. The van der Waals surface area contributed by atoms with Crippen molar-refractivity contribution >= 4 is 5.97 Å². The summed E-state index contributed by atoms with van der Waals surface area (Å²) in [4.78, 5) is 0. The quantitative estimate of drug-likeness (QED) is 0.578. The fourth-order valence-electron chi connectivity index (χ4n) is 0.670. The first-order chi connectivity index (χ1) is 5.22. The molecule has 0 atom stereocenters. The minimum Gasteiger partial charge on any atom is -0.371 e. The van der Waals surface area contributed by atoms with Gasteiger partial charge in [0.2, 0.25) is 5.97 Å². The highest BCUT2D eigenvalue weighted by molar-refractivity contribution is 5.87. The van der Waals surface area contributed by atoms with E-state index in [-0.39, 0.29) is 11.2 Å². The van der Waals surface area contributed by atoms with Gasteiger partial charge in [0.15, 0.2) is 0 Å². The van der Waals surface area contributed by atoms with E-state index in [1.165, 1.54) is 0 Å². The van der Waals surface area contributed by atoms with Crippen LogP contribution in [-0.4, -0.2) is 17.9 Å². The van der Waals surface area contributed by atoms with Gasteiger partial charge >= 0.3 is 0 Å². The zero-order valence-electron chi connectivity index (χ0n) is 5.93. The summed E-state index contributed by atoms with van der Waals surface area (Å²) in [6.07, 6.45) is 1.07. The minimum absolute atomic E-state index is 0.187. The summed E-state index contributed by atoms with van der Waals surface area (Å²) in [5.41, 5.74) is 2.14. The number of nitrogens with zero attached hydrogens (tertiary/aromatic N) is 2. The van der Waals surface area contributed by atoms with Crippen molar-refractivity contribution in [3.63, 3.8) is 0 Å². The van der Waals surface area contributed by atoms with Crippen LogP contribution in [0.4, 0.5) is 8.87 Å². The zero-order chi connectivity index (χ0) is 8.27. The van der Waals surface area contributed by atoms with Crippen LogP contribution in [0.5, 0.6) is 0 Å². The van der Waals surface area contributed by atoms with Crippen molar-refractivity contribution in [3.05, 3.63) is 11.9 Å². The van der Waals surface area contributed by atoms with Crippen LogP contribution in [0.15, 0.2) is 17.0 Å². The van der Waals surface area contributed by atoms with E-state index in [1.807, 2.05) is 6.92 Å². The number of rotatable bonds is 2. The molecule has 11 heavy (non-hydrogen) atoms. The van der Waals surface area contributed by atoms with E-state index in [4.69, 9.17) is 0 Å². The Labute approximate surface area is 62.5 Å². The fourth-order valence-corrected chi connectivity index (χ4v) is 0.670. The first kappa shape index (κ1) is 7.77. The number of allylic oxidation sites excluding steroid dienone is 1. The molecule has 0 aromatic rings. The lowest BCUT2D eigenvalue weighted by molar-refractivity contribution is -0.0229. The molecule has 1 heterocycles. The van der Waals surface area contributed by atoms with E-state index in [1.54, 1.807) is 0 Å². The van der Waals surface area contributed by atoms with Crippen LogP contribution in [0.2, 0.25) is 0 Å². The SMILES string of the molecule is CCNC1=CC(F)=NN(F)N1. The van der Waals surface area contributed by atoms with Gasteiger partial charge in [-0.15, -0.1) is 0 Å². The Bertz CT molecular complexity index is 201. The number of hydrazone groups is 1. The maximum absolute atomic E-state index is 12.3. The molecule has 2 N–H and O–H groups in total. The van der Waals surface area contributed by atoms with Gasteiger partial charge in [-0.1, -0.05) is 9.58 Å². The van der Waals surface area contributed by atoms with Gasteiger partial charge in [-0.25, -0.2) is 5.43 Å². The highest BCUT2D eigenvalue weighted by atomic mass is 19.2. The van der Waals surface area contributed by atoms with Gasteiger partial charge in [0, 0.05) is 12.6 Å². The molecule has 0 bridgehead atoms. The van der Waals surface area contributed by atoms with Gasteiger partial charge in [0.1, 0.15) is 5.82 Å². The van der Waals surface area contributed by atoms with Crippen LogP contribution >= 0.6 is 0 Å². The van der Waals surface area contributed by atoms with Crippen molar-refractivity contribution in [2.75, 3.05) is 6.54 Å². The van der Waals surface area contributed by atoms with Crippen molar-refractivity contribution in [2.24, 2.45) is 5.10 Å².